The van der Waals surface area contributed by atoms with Gasteiger partial charge in [-0.2, -0.15) is 0 Å². The first-order valence-corrected chi connectivity index (χ1v) is 14.0. The monoisotopic (exact) mass is 468 g/mol. The predicted octanol–water partition coefficient (Wildman–Crippen LogP) is 10.2. The van der Waals surface area contributed by atoms with Gasteiger partial charge in [0, 0.05) is 6.61 Å². The van der Waals surface area contributed by atoms with Gasteiger partial charge in [-0.05, 0) is 140 Å². The molecule has 0 spiro atoms. The molecule has 0 aromatic heterocycles. The van der Waals surface area contributed by atoms with Gasteiger partial charge < -0.3 is 4.74 Å². The molecule has 4 unspecified atom stereocenters. The highest BCUT2D eigenvalue weighted by atomic mass is 16.5. The fourth-order valence-electron chi connectivity index (χ4n) is 4.30. The molecule has 0 N–H and O–H groups in total. The molecule has 1 saturated heterocycles. The molecule has 2 aliphatic carbocycles. The summed E-state index contributed by atoms with van der Waals surface area (Å²) in [5, 5.41) is 0. The van der Waals surface area contributed by atoms with Crippen LogP contribution in [0.4, 0.5) is 0 Å². The molecule has 194 valence electrons. The van der Waals surface area contributed by atoms with E-state index in [2.05, 4.69) is 93.5 Å². The summed E-state index contributed by atoms with van der Waals surface area (Å²) >= 11 is 0. The topological polar surface area (TPSA) is 9.23 Å². The van der Waals surface area contributed by atoms with Gasteiger partial charge in [-0.1, -0.05) is 56.2 Å². The van der Waals surface area contributed by atoms with E-state index in [0.29, 0.717) is 6.10 Å². The molecule has 1 fully saturated rings. The molecule has 1 heteroatoms. The van der Waals surface area contributed by atoms with Crippen molar-refractivity contribution in [1.29, 1.82) is 0 Å². The van der Waals surface area contributed by atoms with Gasteiger partial charge in [0.1, 0.15) is 0 Å². The van der Waals surface area contributed by atoms with Crippen LogP contribution in [0.1, 0.15) is 115 Å². The van der Waals surface area contributed by atoms with Gasteiger partial charge in [0.25, 0.3) is 0 Å². The maximum Gasteiger partial charge on any atom is 0.0547 e. The van der Waals surface area contributed by atoms with Crippen LogP contribution in [0.2, 0.25) is 0 Å². The molecule has 1 nitrogen and oxygen atoms in total. The van der Waals surface area contributed by atoms with Crippen molar-refractivity contribution >= 4 is 0 Å². The highest BCUT2D eigenvalue weighted by Gasteiger charge is 2.13. The highest BCUT2D eigenvalue weighted by Crippen LogP contribution is 2.22. The third-order valence-corrected chi connectivity index (χ3v) is 7.86. The molecule has 1 aliphatic heterocycles. The molecule has 1 aromatic carbocycles. The molecule has 0 amide bonds. The zero-order chi connectivity index (χ0) is 25.7. The van der Waals surface area contributed by atoms with Crippen LogP contribution in [0.25, 0.3) is 0 Å². The average Bonchev–Trinajstić information content (AvgIpc) is 2.82. The van der Waals surface area contributed by atoms with Gasteiger partial charge in [0.2, 0.25) is 0 Å². The SMILES string of the molecule is CC1=CCC(C)CC1.CC1=CCC(C)CC1.CC1CCC(C)OC1.Cc1ccc(C)c(C)c1C. The molecule has 3 aliphatic rings. The largest absolute Gasteiger partial charge is 0.378 e. The Balaban J connectivity index is 0.000000228. The second-order valence-electron chi connectivity index (χ2n) is 11.6. The molecule has 34 heavy (non-hydrogen) atoms. The van der Waals surface area contributed by atoms with Gasteiger partial charge in [0.15, 0.2) is 0 Å². The van der Waals surface area contributed by atoms with E-state index in [9.17, 15) is 0 Å². The Hall–Kier alpha value is -1.34. The van der Waals surface area contributed by atoms with E-state index in [1.807, 2.05) is 0 Å². The van der Waals surface area contributed by atoms with E-state index >= 15 is 0 Å². The highest BCUT2D eigenvalue weighted by molar-refractivity contribution is 5.37. The third-order valence-electron chi connectivity index (χ3n) is 7.86. The number of benzene rings is 1. The normalized spacial score (nSPS) is 26.3. The molecular formula is C33H56O. The quantitative estimate of drug-likeness (QED) is 0.344. The summed E-state index contributed by atoms with van der Waals surface area (Å²) in [4.78, 5) is 0. The molecule has 1 heterocycles. The summed E-state index contributed by atoms with van der Waals surface area (Å²) in [6.45, 7) is 23.1. The van der Waals surface area contributed by atoms with Gasteiger partial charge in [-0.15, -0.1) is 0 Å². The van der Waals surface area contributed by atoms with Gasteiger partial charge in [0.05, 0.1) is 6.10 Å². The van der Waals surface area contributed by atoms with Crippen molar-refractivity contribution in [2.24, 2.45) is 17.8 Å². The zero-order valence-electron chi connectivity index (χ0n) is 24.4. The van der Waals surface area contributed by atoms with Crippen LogP contribution in [0.5, 0.6) is 0 Å². The fraction of sp³-hybridized carbons (Fsp3) is 0.697. The van der Waals surface area contributed by atoms with Crippen molar-refractivity contribution in [1.82, 2.24) is 0 Å². The van der Waals surface area contributed by atoms with Crippen molar-refractivity contribution in [3.05, 3.63) is 57.7 Å². The number of allylic oxidation sites excluding steroid dienone is 4. The Bertz CT molecular complexity index is 696. The Kier molecular flexibility index (Phi) is 14.8. The lowest BCUT2D eigenvalue weighted by atomic mass is 9.92. The summed E-state index contributed by atoms with van der Waals surface area (Å²) < 4.78 is 5.39. The van der Waals surface area contributed by atoms with E-state index in [4.69, 9.17) is 4.74 Å². The van der Waals surface area contributed by atoms with Crippen LogP contribution in [-0.2, 0) is 4.74 Å². The van der Waals surface area contributed by atoms with Crippen molar-refractivity contribution in [3.8, 4) is 0 Å². The molecule has 4 atom stereocenters. The van der Waals surface area contributed by atoms with Crippen LogP contribution in [-0.4, -0.2) is 12.7 Å². The first kappa shape index (κ1) is 30.7. The van der Waals surface area contributed by atoms with Crippen LogP contribution >= 0.6 is 0 Å². The van der Waals surface area contributed by atoms with E-state index in [1.54, 1.807) is 11.1 Å². The lowest BCUT2D eigenvalue weighted by molar-refractivity contribution is 0.000267. The Morgan fingerprint density at radius 2 is 1.03 bits per heavy atom. The fourth-order valence-corrected chi connectivity index (χ4v) is 4.30. The molecule has 0 bridgehead atoms. The Morgan fingerprint density at radius 1 is 0.588 bits per heavy atom. The van der Waals surface area contributed by atoms with Crippen molar-refractivity contribution in [2.75, 3.05) is 6.61 Å². The lowest BCUT2D eigenvalue weighted by Gasteiger charge is -2.23. The van der Waals surface area contributed by atoms with Crippen LogP contribution in [0, 0.1) is 45.4 Å². The van der Waals surface area contributed by atoms with E-state index < -0.39 is 0 Å². The van der Waals surface area contributed by atoms with Crippen LogP contribution in [0.3, 0.4) is 0 Å². The summed E-state index contributed by atoms with van der Waals surface area (Å²) in [5.74, 6) is 2.68. The summed E-state index contributed by atoms with van der Waals surface area (Å²) in [6.07, 6.45) is 16.0. The minimum Gasteiger partial charge on any atom is -0.378 e. The number of aryl methyl sites for hydroxylation is 2. The van der Waals surface area contributed by atoms with Crippen LogP contribution < -0.4 is 0 Å². The second kappa shape index (κ2) is 16.4. The summed E-state index contributed by atoms with van der Waals surface area (Å²) in [5.41, 5.74) is 8.82. The molecule has 1 aromatic rings. The van der Waals surface area contributed by atoms with Crippen molar-refractivity contribution in [3.63, 3.8) is 0 Å². The molecule has 4 rings (SSSR count). The van der Waals surface area contributed by atoms with E-state index in [-0.39, 0.29) is 0 Å². The zero-order valence-corrected chi connectivity index (χ0v) is 24.4. The third kappa shape index (κ3) is 12.9. The van der Waals surface area contributed by atoms with Gasteiger partial charge in [-0.3, -0.25) is 0 Å². The van der Waals surface area contributed by atoms with E-state index in [0.717, 1.165) is 24.4 Å². The molecule has 0 saturated carbocycles. The second-order valence-corrected chi connectivity index (χ2v) is 11.6. The molecule has 0 radical (unpaired) electrons. The number of hydrogen-bond acceptors (Lipinski definition) is 1. The summed E-state index contributed by atoms with van der Waals surface area (Å²) in [6, 6.07) is 4.36. The standard InChI is InChI=1S/C10H14.2C8H14.C7H14O/c1-7-5-6-8(2)10(4)9(7)3;2*1-7-3-5-8(2)6-4-7;1-6-3-4-7(2)8-5-6/h5-6H,1-4H3;2*3,8H,4-6H2,1-2H3;6-7H,3-5H2,1-2H3. The summed E-state index contributed by atoms with van der Waals surface area (Å²) in [7, 11) is 0. The maximum atomic E-state index is 5.39. The van der Waals surface area contributed by atoms with Gasteiger partial charge in [-0.25, -0.2) is 0 Å². The van der Waals surface area contributed by atoms with Gasteiger partial charge >= 0.3 is 0 Å². The van der Waals surface area contributed by atoms with Crippen LogP contribution in [0.15, 0.2) is 35.4 Å². The number of hydrogen-bond donors (Lipinski definition) is 0. The minimum atomic E-state index is 0.520. The maximum absolute atomic E-state index is 5.39. The molecular weight excluding hydrogens is 412 g/mol. The van der Waals surface area contributed by atoms with Crippen molar-refractivity contribution in [2.45, 2.75) is 127 Å². The smallest absolute Gasteiger partial charge is 0.0547 e. The first-order valence-electron chi connectivity index (χ1n) is 14.0. The number of ether oxygens (including phenoxy) is 1. The van der Waals surface area contributed by atoms with E-state index in [1.165, 1.54) is 73.6 Å². The Labute approximate surface area is 213 Å². The first-order chi connectivity index (χ1) is 16.0. The van der Waals surface area contributed by atoms with Crippen molar-refractivity contribution < 1.29 is 4.74 Å². The predicted molar refractivity (Wildman–Crippen MR) is 153 cm³/mol. The minimum absolute atomic E-state index is 0.520. The Morgan fingerprint density at radius 3 is 1.29 bits per heavy atom. The lowest BCUT2D eigenvalue weighted by Crippen LogP contribution is -2.21. The number of rotatable bonds is 0. The average molecular weight is 469 g/mol.